The normalized spacial score (nSPS) is 14.1. The molecule has 144 valence electrons. The van der Waals surface area contributed by atoms with Crippen LogP contribution in [0.25, 0.3) is 10.9 Å². The van der Waals surface area contributed by atoms with Gasteiger partial charge in [-0.15, -0.1) is 0 Å². The van der Waals surface area contributed by atoms with E-state index in [0.29, 0.717) is 12.1 Å². The maximum atomic E-state index is 12.7. The number of anilines is 1. The fourth-order valence-corrected chi connectivity index (χ4v) is 3.67. The Labute approximate surface area is 164 Å². The van der Waals surface area contributed by atoms with Crippen molar-refractivity contribution in [2.45, 2.75) is 25.8 Å². The van der Waals surface area contributed by atoms with Gasteiger partial charge < -0.3 is 15.0 Å². The van der Waals surface area contributed by atoms with E-state index >= 15 is 0 Å². The summed E-state index contributed by atoms with van der Waals surface area (Å²) in [5.74, 6) is 1.56. The van der Waals surface area contributed by atoms with E-state index in [1.165, 1.54) is 19.3 Å². The molecule has 0 spiro atoms. The van der Waals surface area contributed by atoms with E-state index < -0.39 is 0 Å². The number of nitrogens with zero attached hydrogens (tertiary/aromatic N) is 3. The van der Waals surface area contributed by atoms with Crippen molar-refractivity contribution in [2.24, 2.45) is 0 Å². The van der Waals surface area contributed by atoms with Crippen LogP contribution < -0.4 is 15.0 Å². The molecule has 28 heavy (non-hydrogen) atoms. The molecule has 1 aromatic heterocycles. The van der Waals surface area contributed by atoms with Crippen molar-refractivity contribution in [1.29, 1.82) is 0 Å². The van der Waals surface area contributed by atoms with E-state index in [4.69, 9.17) is 4.74 Å². The van der Waals surface area contributed by atoms with Crippen molar-refractivity contribution in [3.63, 3.8) is 0 Å². The quantitative estimate of drug-likeness (QED) is 0.737. The number of benzene rings is 2. The molecule has 0 aliphatic carbocycles. The number of methoxy groups -OCH3 is 1. The number of hydrogen-bond donors (Lipinski definition) is 1. The van der Waals surface area contributed by atoms with Crippen LogP contribution in [0.4, 0.5) is 5.82 Å². The Bertz CT molecular complexity index is 983. The molecule has 0 saturated carbocycles. The predicted molar refractivity (Wildman–Crippen MR) is 110 cm³/mol. The summed E-state index contributed by atoms with van der Waals surface area (Å²) in [6.07, 6.45) is 5.21. The molecule has 3 aromatic rings. The van der Waals surface area contributed by atoms with Crippen LogP contribution in [0, 0.1) is 0 Å². The summed E-state index contributed by atoms with van der Waals surface area (Å²) in [5, 5.41) is 3.91. The molecule has 2 aromatic carbocycles. The molecule has 6 heteroatoms. The Morgan fingerprint density at radius 2 is 1.93 bits per heavy atom. The number of ether oxygens (including phenoxy) is 1. The van der Waals surface area contributed by atoms with Crippen LogP contribution in [0.2, 0.25) is 0 Å². The van der Waals surface area contributed by atoms with Gasteiger partial charge in [-0.1, -0.05) is 18.2 Å². The fraction of sp³-hybridized carbons (Fsp3) is 0.318. The van der Waals surface area contributed by atoms with Gasteiger partial charge in [-0.3, -0.25) is 4.79 Å². The number of hydrogen-bond acceptors (Lipinski definition) is 5. The summed E-state index contributed by atoms with van der Waals surface area (Å²) in [5.41, 5.74) is 2.41. The Morgan fingerprint density at radius 1 is 1.11 bits per heavy atom. The predicted octanol–water partition coefficient (Wildman–Crippen LogP) is 3.56. The molecule has 6 nitrogen and oxygen atoms in total. The smallest absolute Gasteiger partial charge is 0.251 e. The van der Waals surface area contributed by atoms with Gasteiger partial charge in [0.15, 0.2) is 0 Å². The highest BCUT2D eigenvalue weighted by Crippen LogP contribution is 2.26. The van der Waals surface area contributed by atoms with Gasteiger partial charge in [0.05, 0.1) is 12.6 Å². The second-order valence-corrected chi connectivity index (χ2v) is 6.97. The van der Waals surface area contributed by atoms with E-state index in [-0.39, 0.29) is 5.91 Å². The van der Waals surface area contributed by atoms with Crippen LogP contribution in [-0.4, -0.2) is 36.1 Å². The minimum atomic E-state index is -0.124. The van der Waals surface area contributed by atoms with Crippen LogP contribution in [-0.2, 0) is 6.54 Å². The van der Waals surface area contributed by atoms with Crippen LogP contribution in [0.5, 0.6) is 5.75 Å². The number of carbonyl (C=O) groups is 1. The molecule has 1 N–H and O–H groups in total. The van der Waals surface area contributed by atoms with E-state index in [0.717, 1.165) is 41.1 Å². The molecule has 4 rings (SSSR count). The standard InChI is InChI=1S/C22H24N4O2/c1-28-20-8-4-3-7-17(20)14-23-22(27)16-9-10-19-18(13-16)21(25-15-24-19)26-11-5-2-6-12-26/h3-4,7-10,13,15H,2,5-6,11-12,14H2,1H3,(H,23,27). The van der Waals surface area contributed by atoms with Gasteiger partial charge in [0, 0.05) is 36.1 Å². The summed E-state index contributed by atoms with van der Waals surface area (Å²) in [6.45, 7) is 2.40. The number of amides is 1. The lowest BCUT2D eigenvalue weighted by Crippen LogP contribution is -2.30. The Morgan fingerprint density at radius 3 is 2.75 bits per heavy atom. The first-order chi connectivity index (χ1) is 13.8. The van der Waals surface area contributed by atoms with Crippen LogP contribution in [0.15, 0.2) is 48.8 Å². The van der Waals surface area contributed by atoms with E-state index in [1.807, 2.05) is 42.5 Å². The summed E-state index contributed by atoms with van der Waals surface area (Å²) in [4.78, 5) is 23.9. The largest absolute Gasteiger partial charge is 0.496 e. The molecule has 1 aliphatic rings. The van der Waals surface area contributed by atoms with E-state index in [9.17, 15) is 4.79 Å². The third kappa shape index (κ3) is 3.76. The molecule has 0 radical (unpaired) electrons. The lowest BCUT2D eigenvalue weighted by atomic mass is 10.1. The van der Waals surface area contributed by atoms with Crippen molar-refractivity contribution in [2.75, 3.05) is 25.1 Å². The molecule has 0 unspecified atom stereocenters. The third-order valence-electron chi connectivity index (χ3n) is 5.16. The first-order valence-corrected chi connectivity index (χ1v) is 9.66. The maximum absolute atomic E-state index is 12.7. The number of nitrogens with one attached hydrogen (secondary N) is 1. The van der Waals surface area contributed by atoms with Crippen molar-refractivity contribution >= 4 is 22.6 Å². The molecular weight excluding hydrogens is 352 g/mol. The SMILES string of the molecule is COc1ccccc1CNC(=O)c1ccc2ncnc(N3CCCCC3)c2c1. The fourth-order valence-electron chi connectivity index (χ4n) is 3.67. The number of rotatable bonds is 5. The van der Waals surface area contributed by atoms with Crippen molar-refractivity contribution in [3.05, 3.63) is 59.9 Å². The van der Waals surface area contributed by atoms with Gasteiger partial charge in [0.1, 0.15) is 17.9 Å². The lowest BCUT2D eigenvalue weighted by molar-refractivity contribution is 0.0951. The highest BCUT2D eigenvalue weighted by molar-refractivity contribution is 6.00. The number of aromatic nitrogens is 2. The van der Waals surface area contributed by atoms with Gasteiger partial charge in [0.2, 0.25) is 0 Å². The average Bonchev–Trinajstić information content (AvgIpc) is 2.77. The van der Waals surface area contributed by atoms with Gasteiger partial charge in [-0.25, -0.2) is 9.97 Å². The maximum Gasteiger partial charge on any atom is 0.251 e. The molecule has 2 heterocycles. The molecular formula is C22H24N4O2. The zero-order valence-corrected chi connectivity index (χ0v) is 16.0. The van der Waals surface area contributed by atoms with Gasteiger partial charge in [0.25, 0.3) is 5.91 Å². The first kappa shape index (κ1) is 18.2. The van der Waals surface area contributed by atoms with Crippen LogP contribution in [0.3, 0.4) is 0 Å². The topological polar surface area (TPSA) is 67.3 Å². The van der Waals surface area contributed by atoms with Crippen LogP contribution >= 0.6 is 0 Å². The second kappa shape index (κ2) is 8.25. The summed E-state index contributed by atoms with van der Waals surface area (Å²) in [7, 11) is 1.63. The lowest BCUT2D eigenvalue weighted by Gasteiger charge is -2.28. The Kier molecular flexibility index (Phi) is 5.37. The Hall–Kier alpha value is -3.15. The molecule has 1 saturated heterocycles. The molecule has 0 bridgehead atoms. The first-order valence-electron chi connectivity index (χ1n) is 9.66. The van der Waals surface area contributed by atoms with Gasteiger partial charge in [-0.2, -0.15) is 0 Å². The minimum absolute atomic E-state index is 0.124. The highest BCUT2D eigenvalue weighted by atomic mass is 16.5. The number of piperidine rings is 1. The molecule has 1 amide bonds. The van der Waals surface area contributed by atoms with E-state index in [2.05, 4.69) is 20.2 Å². The highest BCUT2D eigenvalue weighted by Gasteiger charge is 2.17. The monoisotopic (exact) mass is 376 g/mol. The van der Waals surface area contributed by atoms with Crippen molar-refractivity contribution < 1.29 is 9.53 Å². The summed E-state index contributed by atoms with van der Waals surface area (Å²) >= 11 is 0. The van der Waals surface area contributed by atoms with Crippen molar-refractivity contribution in [3.8, 4) is 5.75 Å². The van der Waals surface area contributed by atoms with Crippen LogP contribution in [0.1, 0.15) is 35.2 Å². The average molecular weight is 376 g/mol. The zero-order valence-electron chi connectivity index (χ0n) is 16.0. The Balaban J connectivity index is 1.57. The second-order valence-electron chi connectivity index (χ2n) is 6.97. The number of para-hydroxylation sites is 1. The zero-order chi connectivity index (χ0) is 19.3. The molecule has 1 fully saturated rings. The molecule has 1 aliphatic heterocycles. The van der Waals surface area contributed by atoms with Crippen molar-refractivity contribution in [1.82, 2.24) is 15.3 Å². The molecule has 0 atom stereocenters. The summed E-state index contributed by atoms with van der Waals surface area (Å²) < 4.78 is 5.35. The minimum Gasteiger partial charge on any atom is -0.496 e. The van der Waals surface area contributed by atoms with Gasteiger partial charge in [-0.05, 0) is 43.5 Å². The third-order valence-corrected chi connectivity index (χ3v) is 5.16. The van der Waals surface area contributed by atoms with Gasteiger partial charge >= 0.3 is 0 Å². The van der Waals surface area contributed by atoms with E-state index in [1.54, 1.807) is 13.4 Å². The number of carbonyl (C=O) groups excluding carboxylic acids is 1. The summed E-state index contributed by atoms with van der Waals surface area (Å²) in [6, 6.07) is 13.3. The number of fused-ring (bicyclic) bond motifs is 1.